The van der Waals surface area contributed by atoms with Gasteiger partial charge in [-0.1, -0.05) is 6.07 Å². The summed E-state index contributed by atoms with van der Waals surface area (Å²) < 4.78 is 16.3. The molecule has 0 bridgehead atoms. The molecule has 0 aromatic heterocycles. The molecule has 1 heterocycles. The molecular weight excluding hydrogens is 336 g/mol. The Bertz CT molecular complexity index is 737. The van der Waals surface area contributed by atoms with Crippen molar-refractivity contribution in [2.45, 2.75) is 44.8 Å². The maximum atomic E-state index is 12.8. The highest BCUT2D eigenvalue weighted by atomic mass is 16.5. The molecule has 1 saturated carbocycles. The Balaban J connectivity index is 1.93. The summed E-state index contributed by atoms with van der Waals surface area (Å²) in [5.74, 6) is 0.702. The van der Waals surface area contributed by atoms with E-state index in [-0.39, 0.29) is 12.1 Å². The summed E-state index contributed by atoms with van der Waals surface area (Å²) in [6, 6.07) is 4.33. The number of carbonyl (C=O) groups excluding carboxylic acids is 2. The molecule has 0 radical (unpaired) electrons. The number of allylic oxidation sites excluding steroid dienone is 1. The molecular formula is C19H24N2O5. The van der Waals surface area contributed by atoms with Gasteiger partial charge in [0.1, 0.15) is 6.10 Å². The van der Waals surface area contributed by atoms with E-state index in [1.807, 2.05) is 0 Å². The van der Waals surface area contributed by atoms with Gasteiger partial charge in [0.2, 0.25) is 0 Å². The first-order chi connectivity index (χ1) is 12.5. The minimum Gasteiger partial charge on any atom is -0.493 e. The number of benzene rings is 1. The fourth-order valence-electron chi connectivity index (χ4n) is 3.47. The lowest BCUT2D eigenvalue weighted by molar-refractivity contribution is -0.144. The van der Waals surface area contributed by atoms with Gasteiger partial charge in [-0.15, -0.1) is 0 Å². The average Bonchev–Trinajstić information content (AvgIpc) is 3.13. The normalized spacial score (nSPS) is 20.4. The summed E-state index contributed by atoms with van der Waals surface area (Å²) in [5.41, 5.74) is 1.62. The van der Waals surface area contributed by atoms with Crippen LogP contribution in [0, 0.1) is 0 Å². The highest BCUT2D eigenvalue weighted by molar-refractivity contribution is 5.95. The standard InChI is InChI=1S/C19H24N2O5/c1-11-16(18(22)26-13-6-4-5-7-13)17(21-19(23)20-11)12-8-9-14(24-2)15(10-12)25-3/h8-10,13,17H,4-7H2,1-3H3,(H2,20,21,23)/t17-/m0/s1. The van der Waals surface area contributed by atoms with Crippen molar-refractivity contribution in [3.05, 3.63) is 35.0 Å². The predicted octanol–water partition coefficient (Wildman–Crippen LogP) is 2.82. The van der Waals surface area contributed by atoms with Crippen LogP contribution in [0.4, 0.5) is 4.79 Å². The zero-order chi connectivity index (χ0) is 18.7. The highest BCUT2D eigenvalue weighted by Crippen LogP contribution is 2.35. The van der Waals surface area contributed by atoms with Crippen LogP contribution in [0.15, 0.2) is 29.5 Å². The third kappa shape index (κ3) is 3.61. The van der Waals surface area contributed by atoms with Crippen LogP contribution >= 0.6 is 0 Å². The lowest BCUT2D eigenvalue weighted by Gasteiger charge is -2.29. The second-order valence-electron chi connectivity index (χ2n) is 6.50. The van der Waals surface area contributed by atoms with Crippen LogP contribution in [0.2, 0.25) is 0 Å². The molecule has 2 aliphatic rings. The van der Waals surface area contributed by atoms with Crippen LogP contribution in [-0.2, 0) is 9.53 Å². The third-order valence-electron chi connectivity index (χ3n) is 4.81. The minimum absolute atomic E-state index is 0.0496. The average molecular weight is 360 g/mol. The molecule has 1 aliphatic heterocycles. The van der Waals surface area contributed by atoms with E-state index in [2.05, 4.69) is 10.6 Å². The van der Waals surface area contributed by atoms with Crippen molar-refractivity contribution in [1.29, 1.82) is 0 Å². The first-order valence-electron chi connectivity index (χ1n) is 8.74. The van der Waals surface area contributed by atoms with Crippen molar-refractivity contribution in [3.8, 4) is 11.5 Å². The zero-order valence-electron chi connectivity index (χ0n) is 15.3. The summed E-state index contributed by atoms with van der Waals surface area (Å²) in [4.78, 5) is 24.8. The number of hydrogen-bond acceptors (Lipinski definition) is 5. The summed E-state index contributed by atoms with van der Waals surface area (Å²) in [7, 11) is 3.09. The van der Waals surface area contributed by atoms with Gasteiger partial charge in [-0.3, -0.25) is 0 Å². The Kier molecular flexibility index (Phi) is 5.35. The van der Waals surface area contributed by atoms with E-state index >= 15 is 0 Å². The van der Waals surface area contributed by atoms with Crippen LogP contribution in [0.5, 0.6) is 11.5 Å². The van der Waals surface area contributed by atoms with Gasteiger partial charge in [0, 0.05) is 5.70 Å². The van der Waals surface area contributed by atoms with Crippen molar-refractivity contribution < 1.29 is 23.8 Å². The zero-order valence-corrected chi connectivity index (χ0v) is 15.3. The lowest BCUT2D eigenvalue weighted by atomic mass is 9.95. The largest absolute Gasteiger partial charge is 0.493 e. The Morgan fingerprint density at radius 1 is 1.12 bits per heavy atom. The van der Waals surface area contributed by atoms with Crippen molar-refractivity contribution in [1.82, 2.24) is 10.6 Å². The van der Waals surface area contributed by atoms with Gasteiger partial charge in [-0.2, -0.15) is 0 Å². The van der Waals surface area contributed by atoms with Gasteiger partial charge in [-0.05, 0) is 50.3 Å². The number of urea groups is 1. The number of carbonyl (C=O) groups is 2. The van der Waals surface area contributed by atoms with Crippen molar-refractivity contribution in [2.75, 3.05) is 14.2 Å². The predicted molar refractivity (Wildman–Crippen MR) is 95.0 cm³/mol. The second kappa shape index (κ2) is 7.68. The maximum Gasteiger partial charge on any atom is 0.338 e. The molecule has 1 aliphatic carbocycles. The van der Waals surface area contributed by atoms with E-state index in [1.165, 1.54) is 0 Å². The quantitative estimate of drug-likeness (QED) is 0.789. The summed E-state index contributed by atoms with van der Waals surface area (Å²) >= 11 is 0. The molecule has 7 nitrogen and oxygen atoms in total. The summed E-state index contributed by atoms with van der Waals surface area (Å²) in [6.07, 6.45) is 3.87. The Labute approximate surface area is 152 Å². The van der Waals surface area contributed by atoms with Crippen LogP contribution in [-0.4, -0.2) is 32.3 Å². The van der Waals surface area contributed by atoms with Crippen LogP contribution in [0.1, 0.15) is 44.2 Å². The molecule has 2 N–H and O–H groups in total. The first-order valence-corrected chi connectivity index (χ1v) is 8.74. The van der Waals surface area contributed by atoms with Gasteiger partial charge in [0.25, 0.3) is 0 Å². The number of amides is 2. The summed E-state index contributed by atoms with van der Waals surface area (Å²) in [6.45, 7) is 1.71. The third-order valence-corrected chi connectivity index (χ3v) is 4.81. The number of methoxy groups -OCH3 is 2. The van der Waals surface area contributed by atoms with Crippen LogP contribution in [0.3, 0.4) is 0 Å². The number of nitrogens with one attached hydrogen (secondary N) is 2. The van der Waals surface area contributed by atoms with Gasteiger partial charge < -0.3 is 24.8 Å². The Morgan fingerprint density at radius 2 is 1.81 bits per heavy atom. The van der Waals surface area contributed by atoms with Crippen LogP contribution < -0.4 is 20.1 Å². The van der Waals surface area contributed by atoms with Crippen molar-refractivity contribution in [2.24, 2.45) is 0 Å². The van der Waals surface area contributed by atoms with Crippen molar-refractivity contribution in [3.63, 3.8) is 0 Å². The van der Waals surface area contributed by atoms with Gasteiger partial charge in [-0.25, -0.2) is 9.59 Å². The topological polar surface area (TPSA) is 85.9 Å². The van der Waals surface area contributed by atoms with E-state index in [9.17, 15) is 9.59 Å². The molecule has 1 fully saturated rings. The molecule has 2 amide bonds. The van der Waals surface area contributed by atoms with Gasteiger partial charge in [0.15, 0.2) is 11.5 Å². The highest BCUT2D eigenvalue weighted by Gasteiger charge is 2.34. The smallest absolute Gasteiger partial charge is 0.338 e. The Hall–Kier alpha value is -2.70. The molecule has 0 unspecified atom stereocenters. The molecule has 26 heavy (non-hydrogen) atoms. The molecule has 1 aromatic rings. The molecule has 7 heteroatoms. The lowest BCUT2D eigenvalue weighted by Crippen LogP contribution is -2.45. The Morgan fingerprint density at radius 3 is 2.46 bits per heavy atom. The maximum absolute atomic E-state index is 12.8. The van der Waals surface area contributed by atoms with Gasteiger partial charge >= 0.3 is 12.0 Å². The molecule has 0 saturated heterocycles. The number of esters is 1. The fourth-order valence-corrected chi connectivity index (χ4v) is 3.47. The fraction of sp³-hybridized carbons (Fsp3) is 0.474. The van der Waals surface area contributed by atoms with E-state index in [4.69, 9.17) is 14.2 Å². The number of hydrogen-bond donors (Lipinski definition) is 2. The number of ether oxygens (including phenoxy) is 3. The molecule has 0 spiro atoms. The molecule has 3 rings (SSSR count). The minimum atomic E-state index is -0.613. The van der Waals surface area contributed by atoms with Crippen molar-refractivity contribution >= 4 is 12.0 Å². The van der Waals surface area contributed by atoms with E-state index in [0.29, 0.717) is 22.8 Å². The second-order valence-corrected chi connectivity index (χ2v) is 6.50. The van der Waals surface area contributed by atoms with Crippen LogP contribution in [0.25, 0.3) is 0 Å². The summed E-state index contributed by atoms with van der Waals surface area (Å²) in [5, 5.41) is 5.46. The SMILES string of the molecule is COc1ccc([C@@H]2NC(=O)NC(C)=C2C(=O)OC2CCCC2)cc1OC. The molecule has 1 atom stereocenters. The molecule has 1 aromatic carbocycles. The van der Waals surface area contributed by atoms with E-state index in [0.717, 1.165) is 31.2 Å². The number of rotatable bonds is 5. The monoisotopic (exact) mass is 360 g/mol. The van der Waals surface area contributed by atoms with E-state index < -0.39 is 12.0 Å². The first kappa shape index (κ1) is 18.1. The molecule has 140 valence electrons. The van der Waals surface area contributed by atoms with Gasteiger partial charge in [0.05, 0.1) is 25.8 Å². The van der Waals surface area contributed by atoms with E-state index in [1.54, 1.807) is 39.3 Å².